The maximum atomic E-state index is 12.9. The van der Waals surface area contributed by atoms with Gasteiger partial charge in [0.05, 0.1) is 0 Å². The second-order valence-electron chi connectivity index (χ2n) is 3.67. The third-order valence-electron chi connectivity index (χ3n) is 2.34. The maximum absolute atomic E-state index is 12.9. The number of hydrogen-bond donors (Lipinski definition) is 2. The summed E-state index contributed by atoms with van der Waals surface area (Å²) in [5.74, 6) is 0.0251. The zero-order chi connectivity index (χ0) is 13.1. The van der Waals surface area contributed by atoms with Crippen LogP contribution >= 0.6 is 15.9 Å². The summed E-state index contributed by atoms with van der Waals surface area (Å²) in [6, 6.07) is 4.14. The minimum atomic E-state index is -0.879. The summed E-state index contributed by atoms with van der Waals surface area (Å²) in [6.07, 6.45) is -0.540. The molecule has 2 rings (SSSR count). The quantitative estimate of drug-likeness (QED) is 0.901. The van der Waals surface area contributed by atoms with Crippen molar-refractivity contribution >= 4 is 15.9 Å². The lowest BCUT2D eigenvalue weighted by Gasteiger charge is -2.01. The van der Waals surface area contributed by atoms with Gasteiger partial charge in [-0.1, -0.05) is 5.16 Å². The lowest BCUT2D eigenvalue weighted by atomic mass is 10.2. The van der Waals surface area contributed by atoms with Gasteiger partial charge in [-0.25, -0.2) is 4.39 Å². The van der Waals surface area contributed by atoms with Gasteiger partial charge in [0.25, 0.3) is 5.89 Å². The summed E-state index contributed by atoms with van der Waals surface area (Å²) >= 11 is 3.22. The molecule has 1 aromatic heterocycles. The molecule has 0 saturated carbocycles. The van der Waals surface area contributed by atoms with Crippen molar-refractivity contribution < 1.29 is 14.0 Å². The number of aromatic nitrogens is 2. The normalized spacial score (nSPS) is 12.7. The van der Waals surface area contributed by atoms with Gasteiger partial charge in [-0.05, 0) is 47.1 Å². The number of hydrogen-bond acceptors (Lipinski definition) is 5. The van der Waals surface area contributed by atoms with Crippen molar-refractivity contribution in [2.24, 2.45) is 5.73 Å². The average molecular weight is 316 g/mol. The predicted molar refractivity (Wildman–Crippen MR) is 66.0 cm³/mol. The van der Waals surface area contributed by atoms with Gasteiger partial charge in [-0.3, -0.25) is 0 Å². The minimum Gasteiger partial charge on any atom is -0.383 e. The Bertz CT molecular complexity index is 547. The molecule has 0 aliphatic heterocycles. The number of aliphatic hydroxyl groups is 1. The van der Waals surface area contributed by atoms with E-state index in [4.69, 9.17) is 10.3 Å². The van der Waals surface area contributed by atoms with E-state index in [-0.39, 0.29) is 17.5 Å². The van der Waals surface area contributed by atoms with E-state index < -0.39 is 6.10 Å². The van der Waals surface area contributed by atoms with Gasteiger partial charge in [0.2, 0.25) is 5.82 Å². The smallest absolute Gasteiger partial charge is 0.255 e. The number of halogens is 2. The minimum absolute atomic E-state index is 0.103. The van der Waals surface area contributed by atoms with Crippen LogP contribution in [-0.4, -0.2) is 21.8 Å². The zero-order valence-corrected chi connectivity index (χ0v) is 10.9. The van der Waals surface area contributed by atoms with Crippen LogP contribution in [0, 0.1) is 5.82 Å². The van der Waals surface area contributed by atoms with Crippen molar-refractivity contribution in [1.29, 1.82) is 0 Å². The third kappa shape index (κ3) is 2.74. The highest BCUT2D eigenvalue weighted by molar-refractivity contribution is 9.10. The molecule has 0 saturated heterocycles. The van der Waals surface area contributed by atoms with Crippen molar-refractivity contribution in [2.45, 2.75) is 12.5 Å². The highest BCUT2D eigenvalue weighted by Crippen LogP contribution is 2.27. The molecule has 0 radical (unpaired) electrons. The first kappa shape index (κ1) is 13.1. The van der Waals surface area contributed by atoms with Crippen LogP contribution in [0.25, 0.3) is 11.4 Å². The molecule has 3 N–H and O–H groups in total. The first-order valence-corrected chi connectivity index (χ1v) is 6.08. The Morgan fingerprint density at radius 1 is 1.50 bits per heavy atom. The number of nitrogens with zero attached hydrogens (tertiary/aromatic N) is 2. The van der Waals surface area contributed by atoms with Crippen molar-refractivity contribution in [3.05, 3.63) is 34.4 Å². The zero-order valence-electron chi connectivity index (χ0n) is 9.31. The highest BCUT2D eigenvalue weighted by Gasteiger charge is 2.17. The van der Waals surface area contributed by atoms with E-state index in [0.717, 1.165) is 0 Å². The van der Waals surface area contributed by atoms with Crippen LogP contribution in [-0.2, 0) is 0 Å². The first-order valence-electron chi connectivity index (χ1n) is 5.29. The molecule has 96 valence electrons. The van der Waals surface area contributed by atoms with Crippen molar-refractivity contribution in [2.75, 3.05) is 6.54 Å². The number of benzene rings is 1. The summed E-state index contributed by atoms with van der Waals surface area (Å²) in [6.45, 7) is 0.319. The second kappa shape index (κ2) is 5.55. The van der Waals surface area contributed by atoms with Crippen LogP contribution in [0.4, 0.5) is 4.39 Å². The van der Waals surface area contributed by atoms with E-state index in [1.807, 2.05) is 0 Å². The van der Waals surface area contributed by atoms with E-state index in [1.54, 1.807) is 0 Å². The van der Waals surface area contributed by atoms with Gasteiger partial charge in [-0.2, -0.15) is 4.98 Å². The fourth-order valence-corrected chi connectivity index (χ4v) is 1.96. The molecule has 2 aromatic rings. The van der Waals surface area contributed by atoms with E-state index in [2.05, 4.69) is 26.1 Å². The van der Waals surface area contributed by atoms with Crippen LogP contribution in [0.2, 0.25) is 0 Å². The molecule has 5 nitrogen and oxygen atoms in total. The Hall–Kier alpha value is -1.31. The van der Waals surface area contributed by atoms with Crippen LogP contribution in [0.15, 0.2) is 27.2 Å². The number of nitrogens with two attached hydrogens (primary N) is 1. The Morgan fingerprint density at radius 2 is 2.28 bits per heavy atom. The fraction of sp³-hybridized carbons (Fsp3) is 0.273. The average Bonchev–Trinajstić information content (AvgIpc) is 2.78. The van der Waals surface area contributed by atoms with Gasteiger partial charge < -0.3 is 15.4 Å². The standard InChI is InChI=1S/C11H11BrFN3O2/c12-8-5-6(13)1-2-7(8)10-15-11(18-16-10)9(17)3-4-14/h1-2,5,9,17H,3-4,14H2/t9-/m0/s1. The molecule has 0 fully saturated rings. The van der Waals surface area contributed by atoms with Gasteiger partial charge in [0.1, 0.15) is 11.9 Å². The van der Waals surface area contributed by atoms with Gasteiger partial charge in [0.15, 0.2) is 0 Å². The molecule has 18 heavy (non-hydrogen) atoms. The molecule has 0 bridgehead atoms. The summed E-state index contributed by atoms with van der Waals surface area (Å²) in [7, 11) is 0. The van der Waals surface area contributed by atoms with Gasteiger partial charge in [-0.15, -0.1) is 0 Å². The first-order chi connectivity index (χ1) is 8.61. The van der Waals surface area contributed by atoms with E-state index in [9.17, 15) is 9.50 Å². The van der Waals surface area contributed by atoms with Crippen LogP contribution in [0.1, 0.15) is 18.4 Å². The van der Waals surface area contributed by atoms with Crippen LogP contribution in [0.5, 0.6) is 0 Å². The molecule has 7 heteroatoms. The third-order valence-corrected chi connectivity index (χ3v) is 3.00. The molecule has 1 aromatic carbocycles. The Morgan fingerprint density at radius 3 is 2.94 bits per heavy atom. The van der Waals surface area contributed by atoms with Crippen molar-refractivity contribution in [3.8, 4) is 11.4 Å². The fourth-order valence-electron chi connectivity index (χ4n) is 1.43. The maximum Gasteiger partial charge on any atom is 0.255 e. The van der Waals surface area contributed by atoms with E-state index >= 15 is 0 Å². The molecular formula is C11H11BrFN3O2. The number of aliphatic hydroxyl groups excluding tert-OH is 1. The van der Waals surface area contributed by atoms with Gasteiger partial charge in [0, 0.05) is 10.0 Å². The SMILES string of the molecule is NCC[C@H](O)c1nc(-c2ccc(F)cc2Br)no1. The molecule has 0 amide bonds. The summed E-state index contributed by atoms with van der Waals surface area (Å²) in [5, 5.41) is 13.4. The molecule has 0 spiro atoms. The molecule has 0 aliphatic carbocycles. The molecule has 0 unspecified atom stereocenters. The Balaban J connectivity index is 2.29. The summed E-state index contributed by atoms with van der Waals surface area (Å²) in [4.78, 5) is 4.05. The topological polar surface area (TPSA) is 85.2 Å². The van der Waals surface area contributed by atoms with Crippen molar-refractivity contribution in [1.82, 2.24) is 10.1 Å². The lowest BCUT2D eigenvalue weighted by molar-refractivity contribution is 0.127. The van der Waals surface area contributed by atoms with Gasteiger partial charge >= 0.3 is 0 Å². The lowest BCUT2D eigenvalue weighted by Crippen LogP contribution is -2.06. The molecular weight excluding hydrogens is 305 g/mol. The molecule has 0 aliphatic rings. The second-order valence-corrected chi connectivity index (χ2v) is 4.53. The molecule has 1 atom stereocenters. The monoisotopic (exact) mass is 315 g/mol. The number of rotatable bonds is 4. The van der Waals surface area contributed by atoms with E-state index in [1.165, 1.54) is 18.2 Å². The summed E-state index contributed by atoms with van der Waals surface area (Å²) < 4.78 is 18.4. The van der Waals surface area contributed by atoms with Crippen LogP contribution < -0.4 is 5.73 Å². The van der Waals surface area contributed by atoms with Crippen molar-refractivity contribution in [3.63, 3.8) is 0 Å². The van der Waals surface area contributed by atoms with Crippen LogP contribution in [0.3, 0.4) is 0 Å². The Kier molecular flexibility index (Phi) is 4.05. The Labute approximate surface area is 111 Å². The molecule has 1 heterocycles. The predicted octanol–water partition coefficient (Wildman–Crippen LogP) is 2.02. The van der Waals surface area contributed by atoms with E-state index in [0.29, 0.717) is 23.0 Å². The highest BCUT2D eigenvalue weighted by atomic mass is 79.9. The largest absolute Gasteiger partial charge is 0.383 e. The summed E-state index contributed by atoms with van der Waals surface area (Å²) in [5.41, 5.74) is 5.92.